The molecule has 0 saturated heterocycles. The second-order valence-electron chi connectivity index (χ2n) is 6.00. The minimum atomic E-state index is -4.93. The van der Waals surface area contributed by atoms with Crippen LogP contribution in [0.5, 0.6) is 0 Å². The molecule has 2 N–H and O–H groups in total. The third kappa shape index (κ3) is 6.27. The predicted molar refractivity (Wildman–Crippen MR) is 91.5 cm³/mol. The van der Waals surface area contributed by atoms with Gasteiger partial charge < -0.3 is 5.11 Å². The van der Waals surface area contributed by atoms with Gasteiger partial charge in [0, 0.05) is 12.4 Å². The molecule has 2 rings (SSSR count). The molecule has 0 aliphatic rings. The summed E-state index contributed by atoms with van der Waals surface area (Å²) < 4.78 is 77.7. The van der Waals surface area contributed by atoms with E-state index in [0.29, 0.717) is 0 Å². The molecule has 1 heterocycles. The minimum Gasteiger partial charge on any atom is -0.480 e. The Hall–Kier alpha value is -2.53. The number of sulfone groups is 1. The number of halogens is 4. The molecule has 1 aromatic carbocycles. The van der Waals surface area contributed by atoms with Gasteiger partial charge in [-0.3, -0.25) is 15.1 Å². The highest BCUT2D eigenvalue weighted by Crippen LogP contribution is 2.33. The van der Waals surface area contributed by atoms with Crippen molar-refractivity contribution in [2.45, 2.75) is 24.0 Å². The number of rotatable bonds is 8. The number of hydrogen-bond acceptors (Lipinski definition) is 5. The van der Waals surface area contributed by atoms with E-state index in [2.05, 4.69) is 4.98 Å². The Morgan fingerprint density at radius 2 is 1.82 bits per heavy atom. The van der Waals surface area contributed by atoms with Crippen molar-refractivity contribution in [2.24, 2.45) is 0 Å². The van der Waals surface area contributed by atoms with Crippen molar-refractivity contribution in [1.29, 1.82) is 0 Å². The number of nitrogens with zero attached hydrogens (tertiary/aromatic N) is 1. The van der Waals surface area contributed by atoms with Crippen molar-refractivity contribution in [3.8, 4) is 0 Å². The third-order valence-electron chi connectivity index (χ3n) is 3.73. The summed E-state index contributed by atoms with van der Waals surface area (Å²) in [6.45, 7) is 0. The molecular weight excluding hydrogens is 404 g/mol. The maximum atomic E-state index is 13.4. The van der Waals surface area contributed by atoms with Crippen molar-refractivity contribution in [3.63, 3.8) is 0 Å². The summed E-state index contributed by atoms with van der Waals surface area (Å²) in [6, 6.07) is 1.71. The summed E-state index contributed by atoms with van der Waals surface area (Å²) in [5.74, 6) is -4.16. The van der Waals surface area contributed by atoms with Crippen LogP contribution in [-0.2, 0) is 20.4 Å². The van der Waals surface area contributed by atoms with Gasteiger partial charge in [0.2, 0.25) is 0 Å². The first kappa shape index (κ1) is 21.8. The van der Waals surface area contributed by atoms with E-state index < -0.39 is 57.0 Å². The Kier molecular flexibility index (Phi) is 6.73. The standard InChI is InChI=1S/C17H16F4N2O4S/c18-13-5-3-12(4-6-13)15(17(19,20)21)23-14(16(24)25)10-28(26,27)9-11-2-1-7-22-8-11/h1-8,14-15,23H,9-10H2,(H,24,25)/t14-,15?/m0/s1. The van der Waals surface area contributed by atoms with E-state index in [0.717, 1.165) is 24.3 Å². The zero-order chi connectivity index (χ0) is 20.9. The van der Waals surface area contributed by atoms with E-state index in [1.807, 2.05) is 5.32 Å². The molecule has 152 valence electrons. The van der Waals surface area contributed by atoms with E-state index in [1.54, 1.807) is 0 Å². The summed E-state index contributed by atoms with van der Waals surface area (Å²) in [4.78, 5) is 15.1. The molecule has 0 bridgehead atoms. The number of benzene rings is 1. The Morgan fingerprint density at radius 3 is 2.32 bits per heavy atom. The molecule has 1 aromatic heterocycles. The van der Waals surface area contributed by atoms with Crippen molar-refractivity contribution in [2.75, 3.05) is 5.75 Å². The molecule has 0 radical (unpaired) electrons. The third-order valence-corrected chi connectivity index (χ3v) is 5.34. The first-order valence-corrected chi connectivity index (χ1v) is 9.70. The normalized spacial score (nSPS) is 14.4. The van der Waals surface area contributed by atoms with Crippen LogP contribution in [0.4, 0.5) is 17.6 Å². The average Bonchev–Trinajstić information content (AvgIpc) is 2.58. The van der Waals surface area contributed by atoms with Crippen LogP contribution in [0.3, 0.4) is 0 Å². The molecule has 0 amide bonds. The number of carbonyl (C=O) groups is 1. The van der Waals surface area contributed by atoms with Gasteiger partial charge in [0.1, 0.15) is 17.9 Å². The van der Waals surface area contributed by atoms with Crippen LogP contribution >= 0.6 is 0 Å². The van der Waals surface area contributed by atoms with Gasteiger partial charge in [-0.25, -0.2) is 12.8 Å². The van der Waals surface area contributed by atoms with Crippen molar-refractivity contribution in [3.05, 3.63) is 65.7 Å². The topological polar surface area (TPSA) is 96.4 Å². The maximum absolute atomic E-state index is 13.4. The summed E-state index contributed by atoms with van der Waals surface area (Å²) in [5.41, 5.74) is -0.164. The van der Waals surface area contributed by atoms with E-state index in [1.165, 1.54) is 24.5 Å². The average molecular weight is 420 g/mol. The zero-order valence-corrected chi connectivity index (χ0v) is 15.0. The Morgan fingerprint density at radius 1 is 1.18 bits per heavy atom. The largest absolute Gasteiger partial charge is 0.480 e. The quantitative estimate of drug-likeness (QED) is 0.637. The zero-order valence-electron chi connectivity index (χ0n) is 14.2. The highest BCUT2D eigenvalue weighted by Gasteiger charge is 2.43. The summed E-state index contributed by atoms with van der Waals surface area (Å²) in [5, 5.41) is 11.1. The fourth-order valence-corrected chi connectivity index (χ4v) is 4.02. The fraction of sp³-hybridized carbons (Fsp3) is 0.294. The maximum Gasteiger partial charge on any atom is 0.407 e. The Labute approximate surface area is 158 Å². The summed E-state index contributed by atoms with van der Waals surface area (Å²) in [6.07, 6.45) is -2.26. The van der Waals surface area contributed by atoms with Crippen LogP contribution in [0.25, 0.3) is 0 Å². The monoisotopic (exact) mass is 420 g/mol. The Balaban J connectivity index is 2.23. The lowest BCUT2D eigenvalue weighted by molar-refractivity contribution is -0.162. The molecule has 1 unspecified atom stereocenters. The first-order valence-electron chi connectivity index (χ1n) is 7.88. The molecule has 0 aliphatic heterocycles. The molecule has 0 spiro atoms. The smallest absolute Gasteiger partial charge is 0.407 e. The van der Waals surface area contributed by atoms with Gasteiger partial charge in [-0.2, -0.15) is 13.2 Å². The van der Waals surface area contributed by atoms with Gasteiger partial charge in [0.25, 0.3) is 0 Å². The molecule has 2 aromatic rings. The van der Waals surface area contributed by atoms with Gasteiger partial charge in [0.05, 0.1) is 11.5 Å². The number of aromatic nitrogens is 1. The molecular formula is C17H16F4N2O4S. The lowest BCUT2D eigenvalue weighted by Crippen LogP contribution is -2.48. The first-order chi connectivity index (χ1) is 13.0. The van der Waals surface area contributed by atoms with E-state index in [4.69, 9.17) is 0 Å². The summed E-state index contributed by atoms with van der Waals surface area (Å²) >= 11 is 0. The molecule has 6 nitrogen and oxygen atoms in total. The van der Waals surface area contributed by atoms with Gasteiger partial charge in [-0.05, 0) is 29.3 Å². The number of pyridine rings is 1. The van der Waals surface area contributed by atoms with E-state index in [-0.39, 0.29) is 5.56 Å². The van der Waals surface area contributed by atoms with Crippen LogP contribution in [0.2, 0.25) is 0 Å². The van der Waals surface area contributed by atoms with E-state index in [9.17, 15) is 35.9 Å². The van der Waals surface area contributed by atoms with Gasteiger partial charge in [-0.15, -0.1) is 0 Å². The molecule has 28 heavy (non-hydrogen) atoms. The van der Waals surface area contributed by atoms with E-state index >= 15 is 0 Å². The second-order valence-corrected chi connectivity index (χ2v) is 8.11. The molecule has 0 fully saturated rings. The SMILES string of the molecule is O=C(O)[C@H](CS(=O)(=O)Cc1cccnc1)NC(c1ccc(F)cc1)C(F)(F)F. The molecule has 11 heteroatoms. The number of carboxylic acid groups (broad SMARTS) is 1. The number of aliphatic carboxylic acids is 1. The van der Waals surface area contributed by atoms with Gasteiger partial charge in [-0.1, -0.05) is 18.2 Å². The van der Waals surface area contributed by atoms with Crippen molar-refractivity contribution in [1.82, 2.24) is 10.3 Å². The van der Waals surface area contributed by atoms with Crippen molar-refractivity contribution >= 4 is 15.8 Å². The lowest BCUT2D eigenvalue weighted by atomic mass is 10.1. The molecule has 2 atom stereocenters. The number of carboxylic acids is 1. The highest BCUT2D eigenvalue weighted by atomic mass is 32.2. The number of alkyl halides is 3. The predicted octanol–water partition coefficient (Wildman–Crippen LogP) is 2.48. The van der Waals surface area contributed by atoms with Gasteiger partial charge >= 0.3 is 12.1 Å². The fourth-order valence-electron chi connectivity index (χ4n) is 2.48. The molecule has 0 aliphatic carbocycles. The minimum absolute atomic E-state index is 0.276. The van der Waals surface area contributed by atoms with Crippen LogP contribution in [0, 0.1) is 5.82 Å². The van der Waals surface area contributed by atoms with Gasteiger partial charge in [0.15, 0.2) is 9.84 Å². The lowest BCUT2D eigenvalue weighted by Gasteiger charge is -2.26. The van der Waals surface area contributed by atoms with Crippen LogP contribution in [0.15, 0.2) is 48.8 Å². The molecule has 0 saturated carbocycles. The highest BCUT2D eigenvalue weighted by molar-refractivity contribution is 7.90. The number of hydrogen-bond donors (Lipinski definition) is 2. The number of nitrogens with one attached hydrogen (secondary N) is 1. The van der Waals surface area contributed by atoms with Crippen LogP contribution < -0.4 is 5.32 Å². The van der Waals surface area contributed by atoms with Crippen LogP contribution in [-0.4, -0.2) is 42.4 Å². The summed E-state index contributed by atoms with van der Waals surface area (Å²) in [7, 11) is -4.07. The van der Waals surface area contributed by atoms with Crippen molar-refractivity contribution < 1.29 is 35.9 Å². The Bertz CT molecular complexity index is 903. The second kappa shape index (κ2) is 8.65. The van der Waals surface area contributed by atoms with Crippen LogP contribution in [0.1, 0.15) is 17.2 Å².